The van der Waals surface area contributed by atoms with Crippen LogP contribution in [0.3, 0.4) is 0 Å². The molecule has 2 aliphatic heterocycles. The standard InChI is InChI=1S/C13H23N3O2S/c1-10(17)14-12(9-19)13(18)16-7-3-6-15-5-2-4-11(15)8-16/h11-12,19H,2-9H2,1H3,(H,14,17). The van der Waals surface area contributed by atoms with Crippen LogP contribution in [0.5, 0.6) is 0 Å². The smallest absolute Gasteiger partial charge is 0.246 e. The topological polar surface area (TPSA) is 52.7 Å². The second kappa shape index (κ2) is 6.61. The van der Waals surface area contributed by atoms with E-state index in [1.807, 2.05) is 4.90 Å². The second-order valence-corrected chi connectivity index (χ2v) is 5.77. The van der Waals surface area contributed by atoms with Gasteiger partial charge in [0.15, 0.2) is 0 Å². The van der Waals surface area contributed by atoms with E-state index >= 15 is 0 Å². The highest BCUT2D eigenvalue weighted by atomic mass is 32.1. The minimum Gasteiger partial charge on any atom is -0.344 e. The predicted octanol–water partition coefficient (Wildman–Crippen LogP) is 0.118. The zero-order valence-corrected chi connectivity index (χ0v) is 12.4. The highest BCUT2D eigenvalue weighted by Gasteiger charge is 2.32. The Kier molecular flexibility index (Phi) is 5.10. The number of hydrogen-bond donors (Lipinski definition) is 2. The van der Waals surface area contributed by atoms with Crippen molar-refractivity contribution in [3.63, 3.8) is 0 Å². The van der Waals surface area contributed by atoms with Gasteiger partial charge in [-0.2, -0.15) is 12.6 Å². The molecule has 2 atom stereocenters. The Morgan fingerprint density at radius 1 is 1.32 bits per heavy atom. The fourth-order valence-electron chi connectivity index (χ4n) is 3.06. The molecule has 2 unspecified atom stereocenters. The van der Waals surface area contributed by atoms with Gasteiger partial charge in [-0.15, -0.1) is 0 Å². The van der Waals surface area contributed by atoms with Gasteiger partial charge in [0.25, 0.3) is 0 Å². The van der Waals surface area contributed by atoms with Crippen LogP contribution in [-0.2, 0) is 9.59 Å². The first-order chi connectivity index (χ1) is 9.11. The summed E-state index contributed by atoms with van der Waals surface area (Å²) in [6.07, 6.45) is 3.42. The first-order valence-corrected chi connectivity index (χ1v) is 7.66. The third-order valence-electron chi connectivity index (χ3n) is 3.97. The Bertz CT molecular complexity index is 351. The van der Waals surface area contributed by atoms with Crippen LogP contribution in [0.15, 0.2) is 0 Å². The van der Waals surface area contributed by atoms with Crippen molar-refractivity contribution < 1.29 is 9.59 Å². The zero-order valence-electron chi connectivity index (χ0n) is 11.5. The lowest BCUT2D eigenvalue weighted by molar-refractivity contribution is -0.135. The molecule has 2 rings (SSSR count). The van der Waals surface area contributed by atoms with E-state index in [0.29, 0.717) is 11.8 Å². The highest BCUT2D eigenvalue weighted by Crippen LogP contribution is 2.21. The van der Waals surface area contributed by atoms with Crippen molar-refractivity contribution in [2.24, 2.45) is 0 Å². The molecule has 2 aliphatic rings. The van der Waals surface area contributed by atoms with Crippen molar-refractivity contribution in [3.8, 4) is 0 Å². The molecule has 6 heteroatoms. The number of nitrogens with zero attached hydrogens (tertiary/aromatic N) is 2. The molecule has 1 N–H and O–H groups in total. The number of amides is 2. The molecule has 0 bridgehead atoms. The van der Waals surface area contributed by atoms with Crippen LogP contribution in [0.25, 0.3) is 0 Å². The number of rotatable bonds is 3. The van der Waals surface area contributed by atoms with Crippen LogP contribution in [0.1, 0.15) is 26.2 Å². The largest absolute Gasteiger partial charge is 0.344 e. The first-order valence-electron chi connectivity index (χ1n) is 7.02. The summed E-state index contributed by atoms with van der Waals surface area (Å²) in [6.45, 7) is 5.26. The molecule has 2 heterocycles. The van der Waals surface area contributed by atoms with E-state index < -0.39 is 6.04 Å². The summed E-state index contributed by atoms with van der Waals surface area (Å²) >= 11 is 4.18. The number of carbonyl (C=O) groups excluding carboxylic acids is 2. The van der Waals surface area contributed by atoms with Gasteiger partial charge in [-0.25, -0.2) is 0 Å². The summed E-state index contributed by atoms with van der Waals surface area (Å²) in [6, 6.07) is 0.0122. The Morgan fingerprint density at radius 2 is 2.05 bits per heavy atom. The fraction of sp³-hybridized carbons (Fsp3) is 0.846. The molecular weight excluding hydrogens is 262 g/mol. The van der Waals surface area contributed by atoms with E-state index in [4.69, 9.17) is 0 Å². The van der Waals surface area contributed by atoms with E-state index in [0.717, 1.165) is 32.6 Å². The summed E-state index contributed by atoms with van der Waals surface area (Å²) < 4.78 is 0. The van der Waals surface area contributed by atoms with Crippen LogP contribution in [0.4, 0.5) is 0 Å². The van der Waals surface area contributed by atoms with Gasteiger partial charge in [-0.05, 0) is 25.8 Å². The van der Waals surface area contributed by atoms with Gasteiger partial charge in [-0.3, -0.25) is 14.5 Å². The third kappa shape index (κ3) is 3.63. The van der Waals surface area contributed by atoms with Gasteiger partial charge >= 0.3 is 0 Å². The Morgan fingerprint density at radius 3 is 2.74 bits per heavy atom. The Balaban J connectivity index is 1.98. The lowest BCUT2D eigenvalue weighted by Crippen LogP contribution is -2.51. The monoisotopic (exact) mass is 285 g/mol. The summed E-state index contributed by atoms with van der Waals surface area (Å²) in [5, 5.41) is 2.69. The van der Waals surface area contributed by atoms with E-state index in [2.05, 4.69) is 22.8 Å². The van der Waals surface area contributed by atoms with Crippen LogP contribution in [-0.4, -0.2) is 65.6 Å². The van der Waals surface area contributed by atoms with Gasteiger partial charge in [-0.1, -0.05) is 0 Å². The molecular formula is C13H23N3O2S. The molecule has 2 fully saturated rings. The number of fused-ring (bicyclic) bond motifs is 1. The molecule has 2 saturated heterocycles. The van der Waals surface area contributed by atoms with Gasteiger partial charge in [0, 0.05) is 38.4 Å². The summed E-state index contributed by atoms with van der Waals surface area (Å²) in [5.41, 5.74) is 0. The Hall–Kier alpha value is -0.750. The molecule has 2 amide bonds. The lowest BCUT2D eigenvalue weighted by atomic mass is 10.2. The molecule has 0 saturated carbocycles. The lowest BCUT2D eigenvalue weighted by Gasteiger charge is -2.28. The van der Waals surface area contributed by atoms with Crippen molar-refractivity contribution >= 4 is 24.4 Å². The first kappa shape index (κ1) is 14.7. The van der Waals surface area contributed by atoms with E-state index in [9.17, 15) is 9.59 Å². The number of thiol groups is 1. The summed E-state index contributed by atoms with van der Waals surface area (Å²) in [7, 11) is 0. The third-order valence-corrected chi connectivity index (χ3v) is 4.34. The molecule has 19 heavy (non-hydrogen) atoms. The van der Waals surface area contributed by atoms with Gasteiger partial charge < -0.3 is 10.2 Å². The van der Waals surface area contributed by atoms with E-state index in [1.54, 1.807) is 0 Å². The van der Waals surface area contributed by atoms with Gasteiger partial charge in [0.2, 0.25) is 11.8 Å². The number of hydrogen-bond acceptors (Lipinski definition) is 4. The summed E-state index contributed by atoms with van der Waals surface area (Å²) in [5.74, 6) is 0.187. The summed E-state index contributed by atoms with van der Waals surface area (Å²) in [4.78, 5) is 28.0. The minimum atomic E-state index is -0.492. The fourth-order valence-corrected chi connectivity index (χ4v) is 3.31. The van der Waals surface area contributed by atoms with E-state index in [-0.39, 0.29) is 11.8 Å². The van der Waals surface area contributed by atoms with Crippen molar-refractivity contribution in [1.29, 1.82) is 0 Å². The van der Waals surface area contributed by atoms with Crippen LogP contribution < -0.4 is 5.32 Å². The van der Waals surface area contributed by atoms with Crippen LogP contribution >= 0.6 is 12.6 Å². The zero-order chi connectivity index (χ0) is 13.8. The molecule has 0 aromatic carbocycles. The van der Waals surface area contributed by atoms with Crippen molar-refractivity contribution in [2.45, 2.75) is 38.3 Å². The van der Waals surface area contributed by atoms with E-state index in [1.165, 1.54) is 19.8 Å². The maximum absolute atomic E-state index is 12.4. The minimum absolute atomic E-state index is 0.0129. The van der Waals surface area contributed by atoms with Crippen molar-refractivity contribution in [3.05, 3.63) is 0 Å². The maximum atomic E-state index is 12.4. The predicted molar refractivity (Wildman–Crippen MR) is 77.2 cm³/mol. The molecule has 5 nitrogen and oxygen atoms in total. The average molecular weight is 285 g/mol. The average Bonchev–Trinajstić information content (AvgIpc) is 2.72. The molecule has 0 radical (unpaired) electrons. The van der Waals surface area contributed by atoms with Gasteiger partial charge in [0.1, 0.15) is 6.04 Å². The molecule has 0 aromatic rings. The molecule has 0 aromatic heterocycles. The molecule has 108 valence electrons. The van der Waals surface area contributed by atoms with Gasteiger partial charge in [0.05, 0.1) is 0 Å². The van der Waals surface area contributed by atoms with Crippen LogP contribution in [0, 0.1) is 0 Å². The second-order valence-electron chi connectivity index (χ2n) is 5.41. The SMILES string of the molecule is CC(=O)NC(CS)C(=O)N1CCCN2CCCC2C1. The molecule has 0 spiro atoms. The number of carbonyl (C=O) groups is 2. The van der Waals surface area contributed by atoms with Crippen molar-refractivity contribution in [1.82, 2.24) is 15.1 Å². The normalized spacial score (nSPS) is 25.6. The molecule has 0 aliphatic carbocycles. The number of nitrogens with one attached hydrogen (secondary N) is 1. The quantitative estimate of drug-likeness (QED) is 0.724. The Labute approximate surface area is 120 Å². The van der Waals surface area contributed by atoms with Crippen molar-refractivity contribution in [2.75, 3.05) is 31.9 Å². The highest BCUT2D eigenvalue weighted by molar-refractivity contribution is 7.80. The maximum Gasteiger partial charge on any atom is 0.246 e. The van der Waals surface area contributed by atoms with Crippen LogP contribution in [0.2, 0.25) is 0 Å².